The number of rotatable bonds is 8. The minimum atomic E-state index is -3.86. The smallest absolute Gasteiger partial charge is 0.338 e. The van der Waals surface area contributed by atoms with Gasteiger partial charge in [0.25, 0.3) is 5.69 Å². The van der Waals surface area contributed by atoms with Crippen molar-refractivity contribution < 1.29 is 32.4 Å². The van der Waals surface area contributed by atoms with Crippen molar-refractivity contribution in [1.82, 2.24) is 4.57 Å². The maximum Gasteiger partial charge on any atom is 0.338 e. The number of benzene rings is 1. The fraction of sp³-hybridized carbons (Fsp3) is 0.429. The van der Waals surface area contributed by atoms with Crippen LogP contribution in [0.25, 0.3) is 0 Å². The number of nitro groups is 1. The second-order valence-corrected chi connectivity index (χ2v) is 9.73. The van der Waals surface area contributed by atoms with Crippen LogP contribution in [0.2, 0.25) is 0 Å². The molecule has 0 amide bonds. The molecule has 1 aliphatic heterocycles. The van der Waals surface area contributed by atoms with E-state index in [1.54, 1.807) is 6.07 Å². The number of nitrogens with zero attached hydrogens (tertiary/aromatic N) is 2. The van der Waals surface area contributed by atoms with E-state index in [0.717, 1.165) is 55.3 Å². The summed E-state index contributed by atoms with van der Waals surface area (Å²) in [6, 6.07) is 4.65. The first-order chi connectivity index (χ1) is 15.0. The van der Waals surface area contributed by atoms with Crippen LogP contribution < -0.4 is 0 Å². The predicted molar refractivity (Wildman–Crippen MR) is 114 cm³/mol. The molecule has 1 saturated heterocycles. The van der Waals surface area contributed by atoms with Gasteiger partial charge >= 0.3 is 5.97 Å². The summed E-state index contributed by atoms with van der Waals surface area (Å²) >= 11 is 0. The van der Waals surface area contributed by atoms with Crippen molar-refractivity contribution in [3.63, 3.8) is 0 Å². The van der Waals surface area contributed by atoms with Crippen LogP contribution >= 0.6 is 0 Å². The van der Waals surface area contributed by atoms with Crippen LogP contribution in [-0.2, 0) is 25.9 Å². The fourth-order valence-electron chi connectivity index (χ4n) is 3.75. The van der Waals surface area contributed by atoms with E-state index >= 15 is 0 Å². The number of ether oxygens (including phenoxy) is 2. The number of hydrogen-bond donors (Lipinski definition) is 0. The largest absolute Gasteiger partial charge is 0.454 e. The van der Waals surface area contributed by atoms with Gasteiger partial charge in [0, 0.05) is 42.4 Å². The zero-order valence-electron chi connectivity index (χ0n) is 18.0. The molecule has 0 bridgehead atoms. The Bertz CT molecular complexity index is 1180. The molecule has 1 aromatic heterocycles. The molecule has 0 unspecified atom stereocenters. The summed E-state index contributed by atoms with van der Waals surface area (Å²) in [5, 5.41) is 11.2. The van der Waals surface area contributed by atoms with Crippen molar-refractivity contribution in [3.8, 4) is 0 Å². The average molecular weight is 464 g/mol. The Morgan fingerprint density at radius 1 is 1.28 bits per heavy atom. The molecule has 2 aromatic rings. The van der Waals surface area contributed by atoms with Gasteiger partial charge in [-0.3, -0.25) is 14.9 Å². The zero-order valence-corrected chi connectivity index (χ0v) is 18.8. The monoisotopic (exact) mass is 464 g/mol. The number of Topliss-reactive ketones (excluding diaryl/α,β-unsaturated/α-hetero) is 1. The van der Waals surface area contributed by atoms with Crippen molar-refractivity contribution in [2.75, 3.05) is 19.5 Å². The summed E-state index contributed by atoms with van der Waals surface area (Å²) in [7, 11) is -3.86. The summed E-state index contributed by atoms with van der Waals surface area (Å²) in [5.41, 5.74) is 1.10. The molecule has 1 aliphatic rings. The number of sulfone groups is 1. The molecule has 172 valence electrons. The van der Waals surface area contributed by atoms with Gasteiger partial charge in [-0.05, 0) is 44.9 Å². The highest BCUT2D eigenvalue weighted by Crippen LogP contribution is 2.25. The lowest BCUT2D eigenvalue weighted by molar-refractivity contribution is -0.387. The Kier molecular flexibility index (Phi) is 6.79. The summed E-state index contributed by atoms with van der Waals surface area (Å²) in [4.78, 5) is 34.8. The van der Waals surface area contributed by atoms with Crippen LogP contribution in [0.1, 0.15) is 44.9 Å². The first-order valence-corrected chi connectivity index (χ1v) is 11.9. The zero-order chi connectivity index (χ0) is 23.6. The van der Waals surface area contributed by atoms with Crippen molar-refractivity contribution in [2.24, 2.45) is 0 Å². The number of hydrogen-bond acceptors (Lipinski definition) is 8. The van der Waals surface area contributed by atoms with Crippen LogP contribution in [0.4, 0.5) is 5.69 Å². The molecule has 0 spiro atoms. The lowest BCUT2D eigenvalue weighted by Crippen LogP contribution is -2.18. The molecule has 3 rings (SSSR count). The third kappa shape index (κ3) is 5.05. The van der Waals surface area contributed by atoms with Gasteiger partial charge in [0.2, 0.25) is 5.78 Å². The van der Waals surface area contributed by atoms with E-state index in [0.29, 0.717) is 12.1 Å². The molecule has 1 aromatic carbocycles. The van der Waals surface area contributed by atoms with Crippen molar-refractivity contribution >= 4 is 27.3 Å². The first kappa shape index (κ1) is 23.6. The topological polar surface area (TPSA) is 135 Å². The number of aromatic nitrogens is 1. The molecule has 1 fully saturated rings. The quantitative estimate of drug-likeness (QED) is 0.252. The van der Waals surface area contributed by atoms with E-state index in [-0.39, 0.29) is 11.7 Å². The van der Waals surface area contributed by atoms with E-state index in [9.17, 15) is 28.1 Å². The lowest BCUT2D eigenvalue weighted by Gasteiger charge is -2.14. The van der Waals surface area contributed by atoms with Crippen LogP contribution in [0, 0.1) is 24.0 Å². The van der Waals surface area contributed by atoms with Crippen LogP contribution in [-0.4, -0.2) is 55.2 Å². The summed E-state index contributed by atoms with van der Waals surface area (Å²) in [6.07, 6.45) is 2.91. The number of nitro benzene ring substituents is 1. The Hall–Kier alpha value is -3.05. The molecule has 32 heavy (non-hydrogen) atoms. The van der Waals surface area contributed by atoms with Gasteiger partial charge in [0.15, 0.2) is 16.4 Å². The number of aryl methyl sites for hydroxylation is 1. The Morgan fingerprint density at radius 2 is 2.00 bits per heavy atom. The Morgan fingerprint density at radius 3 is 2.59 bits per heavy atom. The van der Waals surface area contributed by atoms with Gasteiger partial charge in [0.05, 0.1) is 16.6 Å². The fourth-order valence-corrected chi connectivity index (χ4v) is 4.58. The molecule has 10 nitrogen and oxygen atoms in total. The van der Waals surface area contributed by atoms with Gasteiger partial charge in [0.1, 0.15) is 4.90 Å². The van der Waals surface area contributed by atoms with Crippen molar-refractivity contribution in [3.05, 3.63) is 56.9 Å². The summed E-state index contributed by atoms with van der Waals surface area (Å²) < 4.78 is 36.1. The van der Waals surface area contributed by atoms with Gasteiger partial charge in [-0.15, -0.1) is 0 Å². The second kappa shape index (κ2) is 9.21. The molecule has 0 saturated carbocycles. The number of ketones is 1. The Labute approximate surface area is 185 Å². The highest BCUT2D eigenvalue weighted by Gasteiger charge is 2.25. The average Bonchev–Trinajstić information content (AvgIpc) is 3.34. The normalized spacial score (nSPS) is 16.2. The highest BCUT2D eigenvalue weighted by molar-refractivity contribution is 7.90. The third-order valence-electron chi connectivity index (χ3n) is 5.41. The standard InChI is InChI=1S/C21H24N2O8S/c1-13-9-17(14(2)22(13)11-16-5-4-8-30-16)19(24)12-31-21(25)15-6-7-20(32(3,28)29)18(10-15)23(26)27/h6-7,9-10,16H,4-5,8,11-12H2,1-3H3/t16-/m0/s1. The van der Waals surface area contributed by atoms with E-state index in [1.807, 2.05) is 18.4 Å². The van der Waals surface area contributed by atoms with Crippen LogP contribution in [0.15, 0.2) is 29.2 Å². The van der Waals surface area contributed by atoms with E-state index in [4.69, 9.17) is 9.47 Å². The van der Waals surface area contributed by atoms with Gasteiger partial charge in [-0.2, -0.15) is 0 Å². The van der Waals surface area contributed by atoms with Gasteiger partial charge in [-0.1, -0.05) is 0 Å². The molecular formula is C21H24N2O8S. The SMILES string of the molecule is Cc1cc(C(=O)COC(=O)c2ccc(S(C)(=O)=O)c([N+](=O)[O-])c2)c(C)n1C[C@@H]1CCCO1. The van der Waals surface area contributed by atoms with Gasteiger partial charge in [-0.25, -0.2) is 13.2 Å². The highest BCUT2D eigenvalue weighted by atomic mass is 32.2. The summed E-state index contributed by atoms with van der Waals surface area (Å²) in [5.74, 6) is -1.37. The number of esters is 1. The van der Waals surface area contributed by atoms with Crippen molar-refractivity contribution in [2.45, 2.75) is 44.2 Å². The van der Waals surface area contributed by atoms with Gasteiger partial charge < -0.3 is 14.0 Å². The molecule has 0 N–H and O–H groups in total. The molecular weight excluding hydrogens is 440 g/mol. The van der Waals surface area contributed by atoms with Crippen LogP contribution in [0.5, 0.6) is 0 Å². The minimum absolute atomic E-state index is 0.103. The number of carbonyl (C=O) groups is 2. The summed E-state index contributed by atoms with van der Waals surface area (Å²) in [6.45, 7) is 4.51. The van der Waals surface area contributed by atoms with E-state index in [2.05, 4.69) is 0 Å². The van der Waals surface area contributed by atoms with Crippen LogP contribution in [0.3, 0.4) is 0 Å². The molecule has 0 radical (unpaired) electrons. The molecule has 2 heterocycles. The lowest BCUT2D eigenvalue weighted by atomic mass is 10.1. The van der Waals surface area contributed by atoms with Crippen molar-refractivity contribution in [1.29, 1.82) is 0 Å². The molecule has 0 aliphatic carbocycles. The molecule has 1 atom stereocenters. The minimum Gasteiger partial charge on any atom is -0.454 e. The third-order valence-corrected chi connectivity index (χ3v) is 6.55. The Balaban J connectivity index is 1.72. The maximum absolute atomic E-state index is 12.7. The molecule has 11 heteroatoms. The second-order valence-electron chi connectivity index (χ2n) is 7.74. The first-order valence-electron chi connectivity index (χ1n) is 9.96. The predicted octanol–water partition coefficient (Wildman–Crippen LogP) is 2.64. The van der Waals surface area contributed by atoms with E-state index in [1.165, 1.54) is 0 Å². The maximum atomic E-state index is 12.7. The number of carbonyl (C=O) groups excluding carboxylic acids is 2. The van der Waals surface area contributed by atoms with E-state index < -0.39 is 43.7 Å².